The molecule has 2 unspecified atom stereocenters. The Morgan fingerprint density at radius 1 is 1.56 bits per heavy atom. The fourth-order valence-electron chi connectivity index (χ4n) is 1.37. The third-order valence-corrected chi connectivity index (χ3v) is 2.48. The van der Waals surface area contributed by atoms with Crippen LogP contribution in [0.1, 0.15) is 33.1 Å². The largest absolute Gasteiger partial charge is 0.325 e. The highest BCUT2D eigenvalue weighted by Crippen LogP contribution is 2.32. The second kappa shape index (κ2) is 2.89. The molecule has 9 heavy (non-hydrogen) atoms. The predicted octanol–water partition coefficient (Wildman–Crippen LogP) is 1.95. The standard InChI is InChI=1S/C7H15N.ClH/c1-6-4-3-5-7(6,2)8;/h6H,3-5,8H2,1-2H3;1H. The highest BCUT2D eigenvalue weighted by Gasteiger charge is 2.30. The zero-order valence-electron chi connectivity index (χ0n) is 6.18. The quantitative estimate of drug-likeness (QED) is 0.560. The zero-order chi connectivity index (χ0) is 6.20. The molecule has 0 bridgehead atoms. The summed E-state index contributed by atoms with van der Waals surface area (Å²) in [5.41, 5.74) is 6.07. The lowest BCUT2D eigenvalue weighted by atomic mass is 9.92. The van der Waals surface area contributed by atoms with Gasteiger partial charge in [-0.2, -0.15) is 0 Å². The summed E-state index contributed by atoms with van der Waals surface area (Å²) in [5, 5.41) is 0. The smallest absolute Gasteiger partial charge is 0.0151 e. The molecule has 0 aromatic rings. The fourth-order valence-corrected chi connectivity index (χ4v) is 1.37. The van der Waals surface area contributed by atoms with E-state index < -0.39 is 0 Å². The Kier molecular flexibility index (Phi) is 2.97. The molecule has 56 valence electrons. The van der Waals surface area contributed by atoms with Crippen LogP contribution in [0.2, 0.25) is 0 Å². The van der Waals surface area contributed by atoms with E-state index in [0.717, 1.165) is 5.92 Å². The minimum absolute atomic E-state index is 0. The molecule has 1 fully saturated rings. The van der Waals surface area contributed by atoms with E-state index in [0.29, 0.717) is 0 Å². The molecule has 0 amide bonds. The molecule has 1 aliphatic carbocycles. The summed E-state index contributed by atoms with van der Waals surface area (Å²) in [6, 6.07) is 0. The van der Waals surface area contributed by atoms with E-state index >= 15 is 0 Å². The molecule has 0 heterocycles. The molecule has 1 aliphatic rings. The van der Waals surface area contributed by atoms with Crippen molar-refractivity contribution in [2.75, 3.05) is 0 Å². The maximum atomic E-state index is 5.92. The van der Waals surface area contributed by atoms with Crippen LogP contribution in [0.4, 0.5) is 0 Å². The molecule has 1 rings (SSSR count). The number of hydrogen-bond donors (Lipinski definition) is 1. The molecule has 1 nitrogen and oxygen atoms in total. The van der Waals surface area contributed by atoms with Gasteiger partial charge in [0.2, 0.25) is 0 Å². The third kappa shape index (κ3) is 1.84. The second-order valence-corrected chi connectivity index (χ2v) is 3.30. The number of hydrogen-bond acceptors (Lipinski definition) is 1. The van der Waals surface area contributed by atoms with Crippen molar-refractivity contribution in [1.82, 2.24) is 0 Å². The zero-order valence-corrected chi connectivity index (χ0v) is 7.00. The Bertz CT molecular complexity index is 90.9. The maximum absolute atomic E-state index is 5.92. The Labute approximate surface area is 63.4 Å². The van der Waals surface area contributed by atoms with Crippen LogP contribution < -0.4 is 5.73 Å². The van der Waals surface area contributed by atoms with Gasteiger partial charge in [-0.05, 0) is 25.7 Å². The molecule has 0 aromatic heterocycles. The topological polar surface area (TPSA) is 26.0 Å². The first-order valence-electron chi connectivity index (χ1n) is 3.42. The molecule has 0 saturated heterocycles. The molecule has 0 aliphatic heterocycles. The molecule has 2 atom stereocenters. The molecular formula is C7H16ClN. The van der Waals surface area contributed by atoms with Crippen molar-refractivity contribution in [2.45, 2.75) is 38.6 Å². The van der Waals surface area contributed by atoms with Gasteiger partial charge in [-0.1, -0.05) is 13.3 Å². The Morgan fingerprint density at radius 3 is 2.22 bits per heavy atom. The lowest BCUT2D eigenvalue weighted by Gasteiger charge is -2.22. The molecule has 0 radical (unpaired) electrons. The summed E-state index contributed by atoms with van der Waals surface area (Å²) in [6.07, 6.45) is 3.87. The Balaban J connectivity index is 0.000000640. The molecule has 2 N–H and O–H groups in total. The lowest BCUT2D eigenvalue weighted by molar-refractivity contribution is 0.373. The van der Waals surface area contributed by atoms with Crippen LogP contribution >= 0.6 is 12.4 Å². The van der Waals surface area contributed by atoms with E-state index in [1.165, 1.54) is 19.3 Å². The van der Waals surface area contributed by atoms with Gasteiger partial charge in [-0.15, -0.1) is 12.4 Å². The first kappa shape index (κ1) is 9.25. The minimum atomic E-state index is 0. The van der Waals surface area contributed by atoms with Gasteiger partial charge >= 0.3 is 0 Å². The SMILES string of the molecule is CC1CCCC1(C)N.Cl. The average Bonchev–Trinajstić information content (AvgIpc) is 1.86. The summed E-state index contributed by atoms with van der Waals surface area (Å²) < 4.78 is 0. The third-order valence-electron chi connectivity index (χ3n) is 2.48. The van der Waals surface area contributed by atoms with Gasteiger partial charge in [0, 0.05) is 5.54 Å². The highest BCUT2D eigenvalue weighted by molar-refractivity contribution is 5.85. The van der Waals surface area contributed by atoms with Crippen LogP contribution in [-0.4, -0.2) is 5.54 Å². The van der Waals surface area contributed by atoms with E-state index in [-0.39, 0.29) is 17.9 Å². The molecular weight excluding hydrogens is 134 g/mol. The fraction of sp³-hybridized carbons (Fsp3) is 1.00. The van der Waals surface area contributed by atoms with Crippen molar-refractivity contribution < 1.29 is 0 Å². The van der Waals surface area contributed by atoms with Gasteiger partial charge in [0.05, 0.1) is 0 Å². The van der Waals surface area contributed by atoms with Crippen molar-refractivity contribution in [3.8, 4) is 0 Å². The molecule has 2 heteroatoms. The lowest BCUT2D eigenvalue weighted by Crippen LogP contribution is -2.38. The van der Waals surface area contributed by atoms with Gasteiger partial charge in [-0.3, -0.25) is 0 Å². The van der Waals surface area contributed by atoms with Crippen LogP contribution in [0.3, 0.4) is 0 Å². The average molecular weight is 150 g/mol. The molecule has 1 saturated carbocycles. The molecule has 0 spiro atoms. The minimum Gasteiger partial charge on any atom is -0.325 e. The monoisotopic (exact) mass is 149 g/mol. The van der Waals surface area contributed by atoms with E-state index in [2.05, 4.69) is 13.8 Å². The number of nitrogens with two attached hydrogens (primary N) is 1. The van der Waals surface area contributed by atoms with E-state index in [1.807, 2.05) is 0 Å². The number of halogens is 1. The van der Waals surface area contributed by atoms with E-state index in [9.17, 15) is 0 Å². The summed E-state index contributed by atoms with van der Waals surface area (Å²) in [4.78, 5) is 0. The summed E-state index contributed by atoms with van der Waals surface area (Å²) >= 11 is 0. The van der Waals surface area contributed by atoms with Crippen LogP contribution in [0.15, 0.2) is 0 Å². The Hall–Kier alpha value is 0.250. The van der Waals surface area contributed by atoms with Gasteiger partial charge in [0.1, 0.15) is 0 Å². The van der Waals surface area contributed by atoms with Crippen molar-refractivity contribution in [3.63, 3.8) is 0 Å². The summed E-state index contributed by atoms with van der Waals surface area (Å²) in [5.74, 6) is 0.738. The normalized spacial score (nSPS) is 42.3. The Morgan fingerprint density at radius 2 is 2.11 bits per heavy atom. The van der Waals surface area contributed by atoms with Crippen LogP contribution in [0.5, 0.6) is 0 Å². The predicted molar refractivity (Wildman–Crippen MR) is 42.9 cm³/mol. The van der Waals surface area contributed by atoms with Crippen LogP contribution in [-0.2, 0) is 0 Å². The van der Waals surface area contributed by atoms with Gasteiger partial charge in [-0.25, -0.2) is 0 Å². The molecule has 0 aromatic carbocycles. The van der Waals surface area contributed by atoms with Crippen LogP contribution in [0.25, 0.3) is 0 Å². The van der Waals surface area contributed by atoms with Crippen molar-refractivity contribution >= 4 is 12.4 Å². The first-order valence-corrected chi connectivity index (χ1v) is 3.42. The van der Waals surface area contributed by atoms with E-state index in [1.54, 1.807) is 0 Å². The first-order chi connectivity index (χ1) is 3.63. The van der Waals surface area contributed by atoms with Crippen molar-refractivity contribution in [3.05, 3.63) is 0 Å². The van der Waals surface area contributed by atoms with Gasteiger partial charge in [0.25, 0.3) is 0 Å². The summed E-state index contributed by atoms with van der Waals surface area (Å²) in [6.45, 7) is 4.40. The maximum Gasteiger partial charge on any atom is 0.0151 e. The van der Waals surface area contributed by atoms with Crippen LogP contribution in [0, 0.1) is 5.92 Å². The van der Waals surface area contributed by atoms with Crippen molar-refractivity contribution in [2.24, 2.45) is 11.7 Å². The van der Waals surface area contributed by atoms with E-state index in [4.69, 9.17) is 5.73 Å². The highest BCUT2D eigenvalue weighted by atomic mass is 35.5. The van der Waals surface area contributed by atoms with Crippen molar-refractivity contribution in [1.29, 1.82) is 0 Å². The summed E-state index contributed by atoms with van der Waals surface area (Å²) in [7, 11) is 0. The number of rotatable bonds is 0. The van der Waals surface area contributed by atoms with Gasteiger partial charge in [0.15, 0.2) is 0 Å². The second-order valence-electron chi connectivity index (χ2n) is 3.30. The van der Waals surface area contributed by atoms with Gasteiger partial charge < -0.3 is 5.73 Å².